The van der Waals surface area contributed by atoms with Crippen molar-refractivity contribution < 1.29 is 4.79 Å². The molecule has 1 aromatic carbocycles. The summed E-state index contributed by atoms with van der Waals surface area (Å²) >= 11 is 5.89. The van der Waals surface area contributed by atoms with E-state index in [2.05, 4.69) is 17.1 Å². The van der Waals surface area contributed by atoms with Crippen LogP contribution >= 0.6 is 11.6 Å². The Morgan fingerprint density at radius 1 is 1.52 bits per heavy atom. The average Bonchev–Trinajstić information content (AvgIpc) is 3.27. The van der Waals surface area contributed by atoms with Crippen LogP contribution in [0.1, 0.15) is 39.5 Å². The number of hydrogen-bond acceptors (Lipinski definition) is 3. The molecule has 3 N–H and O–H groups in total. The second-order valence-corrected chi connectivity index (χ2v) is 6.13. The molecule has 0 bridgehead atoms. The maximum Gasteiger partial charge on any atom is 0.241 e. The van der Waals surface area contributed by atoms with Gasteiger partial charge in [0, 0.05) is 11.7 Å². The van der Waals surface area contributed by atoms with Crippen molar-refractivity contribution >= 4 is 28.9 Å². The molecule has 0 saturated heterocycles. The van der Waals surface area contributed by atoms with Gasteiger partial charge in [-0.2, -0.15) is 0 Å². The smallest absolute Gasteiger partial charge is 0.241 e. The number of hydrogen-bond donors (Lipinski definition) is 2. The molecule has 0 aliphatic heterocycles. The Kier molecular flexibility index (Phi) is 5.48. The van der Waals surface area contributed by atoms with Crippen molar-refractivity contribution in [2.45, 2.75) is 51.6 Å². The molecule has 4 nitrogen and oxygen atoms in total. The van der Waals surface area contributed by atoms with Gasteiger partial charge >= 0.3 is 0 Å². The van der Waals surface area contributed by atoms with Crippen molar-refractivity contribution in [3.63, 3.8) is 0 Å². The number of anilines is 2. The first-order valence-electron chi connectivity index (χ1n) is 7.64. The lowest BCUT2D eigenvalue weighted by atomic mass is 10.2. The molecule has 1 aliphatic rings. The third-order valence-corrected chi connectivity index (χ3v) is 4.27. The number of nitrogens with one attached hydrogen (secondary N) is 1. The lowest BCUT2D eigenvalue weighted by Crippen LogP contribution is -2.43. The van der Waals surface area contributed by atoms with Crippen molar-refractivity contribution in [2.24, 2.45) is 0 Å². The Morgan fingerprint density at radius 2 is 2.24 bits per heavy atom. The number of unbranched alkanes of at least 4 members (excludes halogenated alkanes) is 1. The molecular formula is C16H24ClN3O. The second-order valence-electron chi connectivity index (χ2n) is 5.72. The maximum atomic E-state index is 12.4. The van der Waals surface area contributed by atoms with Gasteiger partial charge < -0.3 is 11.1 Å². The summed E-state index contributed by atoms with van der Waals surface area (Å²) in [6.07, 6.45) is 4.68. The van der Waals surface area contributed by atoms with Crippen molar-refractivity contribution in [3.05, 3.63) is 23.2 Å². The Morgan fingerprint density at radius 3 is 2.81 bits per heavy atom. The maximum absolute atomic E-state index is 12.4. The van der Waals surface area contributed by atoms with E-state index < -0.39 is 0 Å². The quantitative estimate of drug-likeness (QED) is 0.758. The molecule has 1 unspecified atom stereocenters. The summed E-state index contributed by atoms with van der Waals surface area (Å²) in [7, 11) is 0. The molecule has 0 aromatic heterocycles. The largest absolute Gasteiger partial charge is 0.397 e. The van der Waals surface area contributed by atoms with Crippen LogP contribution < -0.4 is 11.1 Å². The Balaban J connectivity index is 1.98. The van der Waals surface area contributed by atoms with E-state index in [0.29, 0.717) is 22.4 Å². The predicted octanol–water partition coefficient (Wildman–Crippen LogP) is 3.51. The minimum absolute atomic E-state index is 0.0136. The first-order valence-corrected chi connectivity index (χ1v) is 8.02. The first kappa shape index (κ1) is 16.1. The van der Waals surface area contributed by atoms with Crippen LogP contribution in [0.4, 0.5) is 11.4 Å². The summed E-state index contributed by atoms with van der Waals surface area (Å²) < 4.78 is 0. The zero-order valence-electron chi connectivity index (χ0n) is 12.7. The summed E-state index contributed by atoms with van der Waals surface area (Å²) in [5.74, 6) is 0.0136. The van der Waals surface area contributed by atoms with Gasteiger partial charge in [-0.1, -0.05) is 24.9 Å². The molecule has 0 heterocycles. The van der Waals surface area contributed by atoms with Crippen molar-refractivity contribution in [2.75, 3.05) is 17.6 Å². The minimum Gasteiger partial charge on any atom is -0.397 e. The van der Waals surface area contributed by atoms with E-state index in [4.69, 9.17) is 17.3 Å². The van der Waals surface area contributed by atoms with E-state index >= 15 is 0 Å². The number of nitrogen functional groups attached to an aromatic ring is 1. The Hall–Kier alpha value is -1.26. The van der Waals surface area contributed by atoms with Crippen molar-refractivity contribution in [1.82, 2.24) is 4.90 Å². The fraction of sp³-hybridized carbons (Fsp3) is 0.562. The molecule has 1 saturated carbocycles. The van der Waals surface area contributed by atoms with Gasteiger partial charge in [-0.15, -0.1) is 0 Å². The number of carbonyl (C=O) groups is 1. The highest BCUT2D eigenvalue weighted by molar-refractivity contribution is 6.33. The molecule has 1 atom stereocenters. The zero-order chi connectivity index (χ0) is 15.4. The highest BCUT2D eigenvalue weighted by Crippen LogP contribution is 2.29. The normalized spacial score (nSPS) is 16.0. The summed E-state index contributed by atoms with van der Waals surface area (Å²) in [6.45, 7) is 5.13. The topological polar surface area (TPSA) is 58.4 Å². The molecule has 1 fully saturated rings. The van der Waals surface area contributed by atoms with Crippen LogP contribution in [-0.4, -0.2) is 29.4 Å². The summed E-state index contributed by atoms with van der Waals surface area (Å²) in [5.41, 5.74) is 6.94. The predicted molar refractivity (Wildman–Crippen MR) is 88.6 cm³/mol. The number of carbonyl (C=O) groups excluding carboxylic acids is 1. The van der Waals surface area contributed by atoms with Crippen LogP contribution in [-0.2, 0) is 4.79 Å². The van der Waals surface area contributed by atoms with E-state index in [-0.39, 0.29) is 11.9 Å². The molecule has 21 heavy (non-hydrogen) atoms. The lowest BCUT2D eigenvalue weighted by Gasteiger charge is -2.28. The lowest BCUT2D eigenvalue weighted by molar-refractivity contribution is -0.121. The van der Waals surface area contributed by atoms with Crippen LogP contribution in [0.3, 0.4) is 0 Å². The van der Waals surface area contributed by atoms with Gasteiger partial charge in [-0.05, 0) is 50.9 Å². The Labute approximate surface area is 131 Å². The van der Waals surface area contributed by atoms with Gasteiger partial charge in [0.1, 0.15) is 0 Å². The molecule has 1 aromatic rings. The van der Waals surface area contributed by atoms with Crippen LogP contribution in [0.2, 0.25) is 5.02 Å². The van der Waals surface area contributed by atoms with Crippen LogP contribution in [0.25, 0.3) is 0 Å². The highest BCUT2D eigenvalue weighted by Gasteiger charge is 2.34. The molecule has 2 rings (SSSR count). The van der Waals surface area contributed by atoms with Gasteiger partial charge in [0.15, 0.2) is 0 Å². The van der Waals surface area contributed by atoms with Crippen LogP contribution in [0.5, 0.6) is 0 Å². The van der Waals surface area contributed by atoms with E-state index in [0.717, 1.165) is 19.4 Å². The fourth-order valence-electron chi connectivity index (χ4n) is 2.46. The Bertz CT molecular complexity index is 502. The average molecular weight is 310 g/mol. The number of rotatable bonds is 7. The molecule has 1 aliphatic carbocycles. The van der Waals surface area contributed by atoms with E-state index in [1.807, 2.05) is 6.92 Å². The van der Waals surface area contributed by atoms with Gasteiger partial charge in [-0.3, -0.25) is 9.69 Å². The number of nitrogens with zero attached hydrogens (tertiary/aromatic N) is 1. The standard InChI is InChI=1S/C16H24ClN3O/c1-3-4-9-20(13-6-7-13)11(2)16(21)19-12-5-8-14(17)15(18)10-12/h5,8,10-11,13H,3-4,6-7,9,18H2,1-2H3,(H,19,21). The molecule has 0 spiro atoms. The third-order valence-electron chi connectivity index (χ3n) is 3.93. The summed E-state index contributed by atoms with van der Waals surface area (Å²) in [4.78, 5) is 14.7. The molecular weight excluding hydrogens is 286 g/mol. The molecule has 0 radical (unpaired) electrons. The van der Waals surface area contributed by atoms with Gasteiger partial charge in [0.2, 0.25) is 5.91 Å². The summed E-state index contributed by atoms with van der Waals surface area (Å²) in [5, 5.41) is 3.43. The minimum atomic E-state index is -0.124. The van der Waals surface area contributed by atoms with Crippen molar-refractivity contribution in [3.8, 4) is 0 Å². The van der Waals surface area contributed by atoms with Crippen LogP contribution in [0, 0.1) is 0 Å². The van der Waals surface area contributed by atoms with Crippen molar-refractivity contribution in [1.29, 1.82) is 0 Å². The number of amides is 1. The third kappa shape index (κ3) is 4.35. The number of halogens is 1. The second kappa shape index (κ2) is 7.14. The number of benzene rings is 1. The van der Waals surface area contributed by atoms with E-state index in [1.54, 1.807) is 18.2 Å². The van der Waals surface area contributed by atoms with Gasteiger partial charge in [0.05, 0.1) is 16.8 Å². The highest BCUT2D eigenvalue weighted by atomic mass is 35.5. The fourth-order valence-corrected chi connectivity index (χ4v) is 2.58. The SMILES string of the molecule is CCCCN(C1CC1)C(C)C(=O)Nc1ccc(Cl)c(N)c1. The first-order chi connectivity index (χ1) is 10.0. The molecule has 1 amide bonds. The van der Waals surface area contributed by atoms with Gasteiger partial charge in [-0.25, -0.2) is 0 Å². The number of nitrogens with two attached hydrogens (primary N) is 1. The van der Waals surface area contributed by atoms with E-state index in [9.17, 15) is 4.79 Å². The van der Waals surface area contributed by atoms with E-state index in [1.165, 1.54) is 12.8 Å². The zero-order valence-corrected chi connectivity index (χ0v) is 13.5. The molecule has 116 valence electrons. The monoisotopic (exact) mass is 309 g/mol. The summed E-state index contributed by atoms with van der Waals surface area (Å²) in [6, 6.07) is 5.62. The van der Waals surface area contributed by atoms with Gasteiger partial charge in [0.25, 0.3) is 0 Å². The van der Waals surface area contributed by atoms with Crippen LogP contribution in [0.15, 0.2) is 18.2 Å². The molecule has 5 heteroatoms.